The molecular weight excluding hydrogens is 146 g/mol. The molecule has 1 aliphatic heterocycles. The number of esters is 1. The Morgan fingerprint density at radius 3 is 3.09 bits per heavy atom. The highest BCUT2D eigenvalue weighted by Gasteiger charge is 2.24. The Balaban J connectivity index is 2.74. The molecule has 1 saturated heterocycles. The molecule has 11 heavy (non-hydrogen) atoms. The highest BCUT2D eigenvalue weighted by molar-refractivity contribution is 5.90. The summed E-state index contributed by atoms with van der Waals surface area (Å²) in [4.78, 5) is 13.3. The summed E-state index contributed by atoms with van der Waals surface area (Å²) in [5.74, 6) is -0.384. The summed E-state index contributed by atoms with van der Waals surface area (Å²) in [6.45, 7) is 1.79. The van der Waals surface area contributed by atoms with Gasteiger partial charge in [0.05, 0.1) is 0 Å². The van der Waals surface area contributed by atoms with Crippen molar-refractivity contribution in [1.82, 2.24) is 0 Å². The third kappa shape index (κ3) is 1.72. The Morgan fingerprint density at radius 2 is 2.64 bits per heavy atom. The van der Waals surface area contributed by atoms with Gasteiger partial charge in [-0.25, -0.2) is 4.79 Å². The van der Waals surface area contributed by atoms with Gasteiger partial charge in [-0.1, -0.05) is 5.11 Å². The maximum Gasteiger partial charge on any atom is 0.334 e. The third-order valence-electron chi connectivity index (χ3n) is 1.34. The SMILES string of the molecule is CC1C/C(=C/N=[N+]=[N-])C(=O)O1. The predicted octanol–water partition coefficient (Wildman–Crippen LogP) is 1.52. The van der Waals surface area contributed by atoms with E-state index in [4.69, 9.17) is 10.3 Å². The molecule has 0 N–H and O–H groups in total. The molecule has 1 unspecified atom stereocenters. The van der Waals surface area contributed by atoms with Crippen LogP contribution in [0.5, 0.6) is 0 Å². The first-order valence-electron chi connectivity index (χ1n) is 3.18. The van der Waals surface area contributed by atoms with Crippen molar-refractivity contribution in [2.24, 2.45) is 5.11 Å². The van der Waals surface area contributed by atoms with Gasteiger partial charge in [-0.3, -0.25) is 0 Å². The summed E-state index contributed by atoms with van der Waals surface area (Å²) in [7, 11) is 0. The minimum atomic E-state index is -0.384. The zero-order valence-electron chi connectivity index (χ0n) is 6.02. The van der Waals surface area contributed by atoms with Crippen molar-refractivity contribution in [3.63, 3.8) is 0 Å². The van der Waals surface area contributed by atoms with Gasteiger partial charge in [0.2, 0.25) is 0 Å². The van der Waals surface area contributed by atoms with E-state index in [1.54, 1.807) is 6.92 Å². The maximum atomic E-state index is 10.8. The first kappa shape index (κ1) is 7.63. The van der Waals surface area contributed by atoms with Crippen molar-refractivity contribution >= 4 is 5.97 Å². The second-order valence-electron chi connectivity index (χ2n) is 2.28. The summed E-state index contributed by atoms with van der Waals surface area (Å²) in [6.07, 6.45) is 1.63. The smallest absolute Gasteiger partial charge is 0.334 e. The molecule has 0 aromatic carbocycles. The highest BCUT2D eigenvalue weighted by atomic mass is 16.5. The van der Waals surface area contributed by atoms with Gasteiger partial charge in [-0.15, -0.1) is 0 Å². The van der Waals surface area contributed by atoms with Crippen LogP contribution in [-0.4, -0.2) is 12.1 Å². The van der Waals surface area contributed by atoms with Crippen molar-refractivity contribution in [1.29, 1.82) is 0 Å². The summed E-state index contributed by atoms with van der Waals surface area (Å²) < 4.78 is 4.78. The van der Waals surface area contributed by atoms with Crippen LogP contribution in [0.4, 0.5) is 0 Å². The first-order valence-corrected chi connectivity index (χ1v) is 3.18. The molecule has 0 amide bonds. The van der Waals surface area contributed by atoms with Gasteiger partial charge in [0.15, 0.2) is 0 Å². The predicted molar refractivity (Wildman–Crippen MR) is 37.4 cm³/mol. The number of azide groups is 1. The van der Waals surface area contributed by atoms with E-state index in [1.165, 1.54) is 6.20 Å². The third-order valence-corrected chi connectivity index (χ3v) is 1.34. The molecule has 0 spiro atoms. The second kappa shape index (κ2) is 3.07. The van der Waals surface area contributed by atoms with Crippen molar-refractivity contribution in [2.75, 3.05) is 0 Å². The molecule has 0 aromatic rings. The fraction of sp³-hybridized carbons (Fsp3) is 0.500. The first-order chi connectivity index (χ1) is 5.24. The van der Waals surface area contributed by atoms with Gasteiger partial charge in [0.1, 0.15) is 6.10 Å². The number of nitrogens with zero attached hydrogens (tertiary/aromatic N) is 3. The molecule has 0 aromatic heterocycles. The minimum absolute atomic E-state index is 0.0948. The number of hydrogen-bond donors (Lipinski definition) is 0. The van der Waals surface area contributed by atoms with E-state index in [9.17, 15) is 4.79 Å². The Labute approximate surface area is 63.3 Å². The molecule has 5 heteroatoms. The molecule has 1 fully saturated rings. The lowest BCUT2D eigenvalue weighted by atomic mass is 10.2. The number of cyclic esters (lactones) is 1. The molecule has 0 aliphatic carbocycles. The lowest BCUT2D eigenvalue weighted by molar-refractivity contribution is -0.138. The zero-order valence-corrected chi connectivity index (χ0v) is 6.02. The number of ether oxygens (including phenoxy) is 1. The largest absolute Gasteiger partial charge is 0.459 e. The zero-order chi connectivity index (χ0) is 8.27. The van der Waals surface area contributed by atoms with Crippen LogP contribution in [0.15, 0.2) is 16.9 Å². The molecule has 1 heterocycles. The van der Waals surface area contributed by atoms with Crippen LogP contribution in [0.1, 0.15) is 13.3 Å². The standard InChI is InChI=1S/C6H7N3O2/c1-4-2-5(3-8-9-7)6(10)11-4/h3-4H,2H2,1H3/b5-3-. The lowest BCUT2D eigenvalue weighted by Crippen LogP contribution is -1.99. The molecule has 5 nitrogen and oxygen atoms in total. The Kier molecular flexibility index (Phi) is 2.13. The molecule has 1 atom stereocenters. The van der Waals surface area contributed by atoms with E-state index in [1.807, 2.05) is 0 Å². The molecule has 58 valence electrons. The van der Waals surface area contributed by atoms with Crippen molar-refractivity contribution in [2.45, 2.75) is 19.4 Å². The second-order valence-corrected chi connectivity index (χ2v) is 2.28. The van der Waals surface area contributed by atoms with Crippen LogP contribution in [-0.2, 0) is 9.53 Å². The topological polar surface area (TPSA) is 75.1 Å². The quantitative estimate of drug-likeness (QED) is 0.188. The lowest BCUT2D eigenvalue weighted by Gasteiger charge is -1.94. The van der Waals surface area contributed by atoms with Gasteiger partial charge >= 0.3 is 5.97 Å². The monoisotopic (exact) mass is 153 g/mol. The van der Waals surface area contributed by atoms with E-state index < -0.39 is 0 Å². The Bertz CT molecular complexity index is 253. The molecule has 1 aliphatic rings. The van der Waals surface area contributed by atoms with Gasteiger partial charge in [0.25, 0.3) is 0 Å². The average molecular weight is 153 g/mol. The van der Waals surface area contributed by atoms with E-state index in [0.29, 0.717) is 12.0 Å². The van der Waals surface area contributed by atoms with Gasteiger partial charge < -0.3 is 4.74 Å². The Hall–Kier alpha value is -1.48. The van der Waals surface area contributed by atoms with E-state index in [0.717, 1.165) is 0 Å². The molecule has 1 rings (SSSR count). The summed E-state index contributed by atoms with van der Waals surface area (Å²) >= 11 is 0. The number of rotatable bonds is 1. The van der Waals surface area contributed by atoms with Gasteiger partial charge in [-0.2, -0.15) is 0 Å². The molecule has 0 saturated carbocycles. The van der Waals surface area contributed by atoms with E-state index >= 15 is 0 Å². The average Bonchev–Trinajstić information content (AvgIpc) is 2.26. The number of carbonyl (C=O) groups is 1. The van der Waals surface area contributed by atoms with Crippen LogP contribution < -0.4 is 0 Å². The van der Waals surface area contributed by atoms with Gasteiger partial charge in [0, 0.05) is 23.1 Å². The van der Waals surface area contributed by atoms with E-state index in [-0.39, 0.29) is 12.1 Å². The van der Waals surface area contributed by atoms with Crippen LogP contribution in [0, 0.1) is 0 Å². The normalized spacial score (nSPS) is 26.5. The van der Waals surface area contributed by atoms with Crippen LogP contribution in [0.2, 0.25) is 0 Å². The number of hydrogen-bond acceptors (Lipinski definition) is 3. The van der Waals surface area contributed by atoms with Crippen LogP contribution in [0.25, 0.3) is 10.4 Å². The van der Waals surface area contributed by atoms with Crippen LogP contribution in [0.3, 0.4) is 0 Å². The maximum absolute atomic E-state index is 10.8. The Morgan fingerprint density at radius 1 is 1.91 bits per heavy atom. The fourth-order valence-electron chi connectivity index (χ4n) is 0.894. The van der Waals surface area contributed by atoms with Crippen molar-refractivity contribution < 1.29 is 9.53 Å². The fourth-order valence-corrected chi connectivity index (χ4v) is 0.894. The molecular formula is C6H7N3O2. The minimum Gasteiger partial charge on any atom is -0.459 e. The number of carbonyl (C=O) groups excluding carboxylic acids is 1. The van der Waals surface area contributed by atoms with E-state index in [2.05, 4.69) is 10.0 Å². The summed E-state index contributed by atoms with van der Waals surface area (Å²) in [5, 5.41) is 3.16. The van der Waals surface area contributed by atoms with Gasteiger partial charge in [-0.05, 0) is 12.5 Å². The summed E-state index contributed by atoms with van der Waals surface area (Å²) in [5.41, 5.74) is 8.38. The molecule has 0 radical (unpaired) electrons. The molecule has 0 bridgehead atoms. The van der Waals surface area contributed by atoms with Crippen LogP contribution >= 0.6 is 0 Å². The highest BCUT2D eigenvalue weighted by Crippen LogP contribution is 2.19. The van der Waals surface area contributed by atoms with Crippen molar-refractivity contribution in [3.05, 3.63) is 22.2 Å². The van der Waals surface area contributed by atoms with Crippen molar-refractivity contribution in [3.8, 4) is 0 Å². The summed E-state index contributed by atoms with van der Waals surface area (Å²) in [6, 6.07) is 0.